The van der Waals surface area contributed by atoms with Crippen LogP contribution in [0.1, 0.15) is 41.5 Å². The van der Waals surface area contributed by atoms with Crippen LogP contribution in [0.5, 0.6) is 0 Å². The molecule has 0 amide bonds. The summed E-state index contributed by atoms with van der Waals surface area (Å²) in [6.45, 7) is 9.28. The smallest absolute Gasteiger partial charge is 0.207 e. The first kappa shape index (κ1) is 14.5. The Morgan fingerprint density at radius 3 is 2.05 bits per heavy atom. The number of hydrogen-bond donors (Lipinski definition) is 0. The van der Waals surface area contributed by atoms with Gasteiger partial charge in [-0.1, -0.05) is 6.42 Å². The Labute approximate surface area is 116 Å². The van der Waals surface area contributed by atoms with Crippen LogP contribution < -0.4 is 0 Å². The second-order valence-electron chi connectivity index (χ2n) is 5.53. The van der Waals surface area contributed by atoms with Crippen molar-refractivity contribution in [2.45, 2.75) is 51.9 Å². The molecule has 0 spiro atoms. The lowest BCUT2D eigenvalue weighted by Crippen LogP contribution is -2.36. The van der Waals surface area contributed by atoms with Crippen LogP contribution in [0.3, 0.4) is 0 Å². The van der Waals surface area contributed by atoms with Gasteiger partial charge in [0.1, 0.15) is 0 Å². The van der Waals surface area contributed by atoms with Gasteiger partial charge in [-0.25, -0.2) is 8.42 Å². The molecule has 1 aromatic carbocycles. The zero-order valence-corrected chi connectivity index (χ0v) is 13.1. The van der Waals surface area contributed by atoms with Crippen molar-refractivity contribution in [3.63, 3.8) is 0 Å². The maximum atomic E-state index is 12.7. The molecule has 0 bridgehead atoms. The quantitative estimate of drug-likeness (QED) is 0.835. The lowest BCUT2D eigenvalue weighted by molar-refractivity contribution is 0.346. The molecule has 2 rings (SSSR count). The van der Waals surface area contributed by atoms with E-state index in [4.69, 9.17) is 0 Å². The summed E-state index contributed by atoms with van der Waals surface area (Å²) in [7, 11) is -3.32. The van der Waals surface area contributed by atoms with Crippen molar-refractivity contribution in [2.75, 3.05) is 13.1 Å². The van der Waals surface area contributed by atoms with E-state index in [0.29, 0.717) is 18.0 Å². The molecule has 1 aromatic rings. The van der Waals surface area contributed by atoms with E-state index in [1.807, 2.05) is 26.8 Å². The third kappa shape index (κ3) is 2.56. The van der Waals surface area contributed by atoms with Crippen molar-refractivity contribution in [2.24, 2.45) is 0 Å². The molecule has 3 nitrogen and oxygen atoms in total. The van der Waals surface area contributed by atoms with Gasteiger partial charge in [0.2, 0.25) is 10.0 Å². The fraction of sp³-hybridized carbons (Fsp3) is 0.600. The lowest BCUT2D eigenvalue weighted by atomic mass is 10.00. The molecule has 0 unspecified atom stereocenters. The zero-order valence-electron chi connectivity index (χ0n) is 12.3. The third-order valence-corrected chi connectivity index (χ3v) is 6.39. The van der Waals surface area contributed by atoms with Crippen LogP contribution in [-0.2, 0) is 10.0 Å². The Balaban J connectivity index is 2.51. The number of sulfonamides is 1. The Kier molecular flexibility index (Phi) is 4.02. The molecule has 1 heterocycles. The summed E-state index contributed by atoms with van der Waals surface area (Å²) in [6.07, 6.45) is 3.08. The van der Waals surface area contributed by atoms with E-state index in [1.54, 1.807) is 4.31 Å². The van der Waals surface area contributed by atoms with Gasteiger partial charge >= 0.3 is 0 Å². The summed E-state index contributed by atoms with van der Waals surface area (Å²) in [4.78, 5) is 0.495. The molecule has 0 N–H and O–H groups in total. The fourth-order valence-corrected chi connectivity index (χ4v) is 4.57. The maximum absolute atomic E-state index is 12.7. The average Bonchev–Trinajstić information content (AvgIpc) is 2.41. The minimum Gasteiger partial charge on any atom is -0.207 e. The van der Waals surface area contributed by atoms with Gasteiger partial charge in [0, 0.05) is 13.1 Å². The Hall–Kier alpha value is -0.870. The minimum atomic E-state index is -3.32. The Morgan fingerprint density at radius 2 is 1.47 bits per heavy atom. The first-order valence-corrected chi connectivity index (χ1v) is 8.37. The Bertz CT molecular complexity index is 585. The highest BCUT2D eigenvalue weighted by atomic mass is 32.2. The third-order valence-electron chi connectivity index (χ3n) is 4.37. The minimum absolute atomic E-state index is 0.495. The number of aryl methyl sites for hydroxylation is 1. The first-order chi connectivity index (χ1) is 8.85. The van der Waals surface area contributed by atoms with Crippen LogP contribution in [0.25, 0.3) is 0 Å². The molecular weight excluding hydrogens is 258 g/mol. The molecule has 0 radical (unpaired) electrons. The molecule has 1 aliphatic heterocycles. The predicted octanol–water partition coefficient (Wildman–Crippen LogP) is 3.09. The van der Waals surface area contributed by atoms with E-state index in [-0.39, 0.29) is 0 Å². The van der Waals surface area contributed by atoms with Crippen molar-refractivity contribution in [3.05, 3.63) is 28.3 Å². The van der Waals surface area contributed by atoms with E-state index in [9.17, 15) is 8.42 Å². The molecule has 0 aliphatic carbocycles. The molecule has 106 valence electrons. The molecule has 1 aliphatic rings. The summed E-state index contributed by atoms with van der Waals surface area (Å²) in [5, 5.41) is 0. The van der Waals surface area contributed by atoms with Crippen molar-refractivity contribution in [1.29, 1.82) is 0 Å². The van der Waals surface area contributed by atoms with Crippen LogP contribution >= 0.6 is 0 Å². The molecule has 1 saturated heterocycles. The van der Waals surface area contributed by atoms with E-state index < -0.39 is 10.0 Å². The number of rotatable bonds is 2. The summed E-state index contributed by atoms with van der Waals surface area (Å²) >= 11 is 0. The lowest BCUT2D eigenvalue weighted by Gasteiger charge is -2.27. The first-order valence-electron chi connectivity index (χ1n) is 6.93. The van der Waals surface area contributed by atoms with Crippen LogP contribution in [0.4, 0.5) is 0 Å². The van der Waals surface area contributed by atoms with Crippen molar-refractivity contribution < 1.29 is 8.42 Å². The normalized spacial score (nSPS) is 17.7. The largest absolute Gasteiger partial charge is 0.243 e. The second kappa shape index (κ2) is 5.25. The van der Waals surface area contributed by atoms with Gasteiger partial charge in [0.05, 0.1) is 4.90 Å². The fourth-order valence-electron chi connectivity index (χ4n) is 2.69. The number of benzene rings is 1. The van der Waals surface area contributed by atoms with Crippen molar-refractivity contribution >= 4 is 10.0 Å². The van der Waals surface area contributed by atoms with Gasteiger partial charge < -0.3 is 0 Å². The van der Waals surface area contributed by atoms with Gasteiger partial charge in [-0.05, 0) is 68.9 Å². The molecule has 4 heteroatoms. The molecular formula is C15H23NO2S. The van der Waals surface area contributed by atoms with Crippen molar-refractivity contribution in [3.8, 4) is 0 Å². The summed E-state index contributed by atoms with van der Waals surface area (Å²) in [5.41, 5.74) is 4.23. The van der Waals surface area contributed by atoms with E-state index in [0.717, 1.165) is 36.0 Å². The SMILES string of the molecule is Cc1cc(S(=O)(=O)N2CCCCC2)c(C)c(C)c1C. The van der Waals surface area contributed by atoms with E-state index in [1.165, 1.54) is 5.56 Å². The van der Waals surface area contributed by atoms with Crippen LogP contribution in [-0.4, -0.2) is 25.8 Å². The van der Waals surface area contributed by atoms with Crippen molar-refractivity contribution in [1.82, 2.24) is 4.31 Å². The van der Waals surface area contributed by atoms with Crippen LogP contribution in [0, 0.1) is 27.7 Å². The standard InChI is InChI=1S/C15H23NO2S/c1-11-10-15(14(4)13(3)12(11)2)19(17,18)16-8-6-5-7-9-16/h10H,5-9H2,1-4H3. The highest BCUT2D eigenvalue weighted by Gasteiger charge is 2.28. The van der Waals surface area contributed by atoms with Gasteiger partial charge in [-0.2, -0.15) is 4.31 Å². The number of nitrogens with zero attached hydrogens (tertiary/aromatic N) is 1. The van der Waals surface area contributed by atoms with Crippen LogP contribution in [0.15, 0.2) is 11.0 Å². The van der Waals surface area contributed by atoms with Gasteiger partial charge in [-0.15, -0.1) is 0 Å². The Morgan fingerprint density at radius 1 is 0.895 bits per heavy atom. The van der Waals surface area contributed by atoms with Gasteiger partial charge in [-0.3, -0.25) is 0 Å². The van der Waals surface area contributed by atoms with E-state index >= 15 is 0 Å². The second-order valence-corrected chi connectivity index (χ2v) is 7.44. The molecule has 0 atom stereocenters. The van der Waals surface area contributed by atoms with Crippen LogP contribution in [0.2, 0.25) is 0 Å². The summed E-state index contributed by atoms with van der Waals surface area (Å²) in [5.74, 6) is 0. The monoisotopic (exact) mass is 281 g/mol. The van der Waals surface area contributed by atoms with Gasteiger partial charge in [0.25, 0.3) is 0 Å². The number of hydrogen-bond acceptors (Lipinski definition) is 2. The predicted molar refractivity (Wildman–Crippen MR) is 78.0 cm³/mol. The number of piperidine rings is 1. The molecule has 19 heavy (non-hydrogen) atoms. The molecule has 0 aromatic heterocycles. The van der Waals surface area contributed by atoms with Gasteiger partial charge in [0.15, 0.2) is 0 Å². The highest BCUT2D eigenvalue weighted by Crippen LogP contribution is 2.28. The zero-order chi connectivity index (χ0) is 14.2. The molecule has 0 saturated carbocycles. The summed E-state index contributed by atoms with van der Waals surface area (Å²) in [6, 6.07) is 1.83. The average molecular weight is 281 g/mol. The maximum Gasteiger partial charge on any atom is 0.243 e. The topological polar surface area (TPSA) is 37.4 Å². The highest BCUT2D eigenvalue weighted by molar-refractivity contribution is 7.89. The van der Waals surface area contributed by atoms with E-state index in [2.05, 4.69) is 6.92 Å². The molecule has 1 fully saturated rings. The summed E-state index contributed by atoms with van der Waals surface area (Å²) < 4.78 is 27.1.